The van der Waals surface area contributed by atoms with Gasteiger partial charge in [-0.15, -0.1) is 0 Å². The minimum atomic E-state index is -3.01. The van der Waals surface area contributed by atoms with Crippen molar-refractivity contribution in [3.63, 3.8) is 0 Å². The van der Waals surface area contributed by atoms with Gasteiger partial charge in [-0.2, -0.15) is 0 Å². The van der Waals surface area contributed by atoms with E-state index in [0.29, 0.717) is 12.5 Å². The summed E-state index contributed by atoms with van der Waals surface area (Å²) in [6.07, 6.45) is 2.96. The van der Waals surface area contributed by atoms with E-state index in [-0.39, 0.29) is 6.04 Å². The summed E-state index contributed by atoms with van der Waals surface area (Å²) in [5, 5.41) is 11.2. The molecule has 2 unspecified atom stereocenters. The molecule has 84 valence electrons. The first-order valence-electron chi connectivity index (χ1n) is 5.01. The van der Waals surface area contributed by atoms with Gasteiger partial charge in [0.2, 0.25) is 0 Å². The van der Waals surface area contributed by atoms with Crippen LogP contribution in [0, 0.1) is 5.92 Å². The highest BCUT2D eigenvalue weighted by Gasteiger charge is 2.32. The molecule has 4 N–H and O–H groups in total. The highest BCUT2D eigenvalue weighted by molar-refractivity contribution is 4.85. The fourth-order valence-corrected chi connectivity index (χ4v) is 1.92. The molecule has 0 radical (unpaired) electrons. The SMILES string of the molecule is NCC1CCCC1NCC(F)(F)CO. The predicted molar refractivity (Wildman–Crippen MR) is 50.2 cm³/mol. The summed E-state index contributed by atoms with van der Waals surface area (Å²) in [6.45, 7) is -1.01. The van der Waals surface area contributed by atoms with Crippen LogP contribution in [0.5, 0.6) is 0 Å². The van der Waals surface area contributed by atoms with Gasteiger partial charge in [0.1, 0.15) is 6.61 Å². The Kier molecular flexibility index (Phi) is 4.22. The summed E-state index contributed by atoms with van der Waals surface area (Å²) in [6, 6.07) is 0.0948. The predicted octanol–water partition coefficient (Wildman–Crippen LogP) is 0.331. The Balaban J connectivity index is 2.30. The second kappa shape index (κ2) is 5.00. The van der Waals surface area contributed by atoms with Crippen LogP contribution in [0.4, 0.5) is 8.78 Å². The van der Waals surface area contributed by atoms with E-state index in [4.69, 9.17) is 10.8 Å². The van der Waals surface area contributed by atoms with Gasteiger partial charge >= 0.3 is 0 Å². The minimum Gasteiger partial charge on any atom is -0.390 e. The lowest BCUT2D eigenvalue weighted by Gasteiger charge is -2.22. The quantitative estimate of drug-likeness (QED) is 0.610. The molecule has 0 aliphatic heterocycles. The third kappa shape index (κ3) is 3.15. The fraction of sp³-hybridized carbons (Fsp3) is 1.00. The van der Waals surface area contributed by atoms with Crippen molar-refractivity contribution in [1.82, 2.24) is 5.32 Å². The van der Waals surface area contributed by atoms with Crippen molar-refractivity contribution < 1.29 is 13.9 Å². The van der Waals surface area contributed by atoms with Crippen LogP contribution < -0.4 is 11.1 Å². The Bertz CT molecular complexity index is 178. The fourth-order valence-electron chi connectivity index (χ4n) is 1.92. The number of alkyl halides is 2. The maximum atomic E-state index is 12.7. The number of aliphatic hydroxyl groups excluding tert-OH is 1. The van der Waals surface area contributed by atoms with Crippen LogP contribution in [-0.2, 0) is 0 Å². The summed E-state index contributed by atoms with van der Waals surface area (Å²) in [7, 11) is 0. The van der Waals surface area contributed by atoms with Gasteiger partial charge in [0, 0.05) is 6.04 Å². The van der Waals surface area contributed by atoms with Crippen molar-refractivity contribution in [3.8, 4) is 0 Å². The largest absolute Gasteiger partial charge is 0.390 e. The molecule has 1 aliphatic rings. The second-order valence-electron chi connectivity index (χ2n) is 3.93. The average Bonchev–Trinajstić information content (AvgIpc) is 2.62. The van der Waals surface area contributed by atoms with Crippen LogP contribution in [-0.4, -0.2) is 36.8 Å². The number of rotatable bonds is 5. The first-order valence-corrected chi connectivity index (χ1v) is 5.01. The van der Waals surface area contributed by atoms with E-state index in [1.54, 1.807) is 0 Å². The maximum absolute atomic E-state index is 12.7. The molecular formula is C9H18F2N2O. The van der Waals surface area contributed by atoms with Gasteiger partial charge in [-0.25, -0.2) is 8.78 Å². The van der Waals surface area contributed by atoms with Gasteiger partial charge in [0.25, 0.3) is 5.92 Å². The molecule has 0 bridgehead atoms. The number of aliphatic hydroxyl groups is 1. The standard InChI is InChI=1S/C9H18F2N2O/c10-9(11,6-14)5-13-8-3-1-2-7(8)4-12/h7-8,13-14H,1-6,12H2. The summed E-state index contributed by atoms with van der Waals surface area (Å²) >= 11 is 0. The average molecular weight is 208 g/mol. The normalized spacial score (nSPS) is 28.3. The summed E-state index contributed by atoms with van der Waals surface area (Å²) < 4.78 is 25.4. The van der Waals surface area contributed by atoms with Gasteiger partial charge in [-0.05, 0) is 25.3 Å². The first kappa shape index (κ1) is 11.8. The van der Waals surface area contributed by atoms with Crippen LogP contribution in [0.15, 0.2) is 0 Å². The van der Waals surface area contributed by atoms with Crippen molar-refractivity contribution in [2.24, 2.45) is 11.7 Å². The first-order chi connectivity index (χ1) is 6.59. The zero-order valence-electron chi connectivity index (χ0n) is 8.18. The van der Waals surface area contributed by atoms with Gasteiger partial charge in [-0.1, -0.05) is 6.42 Å². The summed E-state index contributed by atoms with van der Waals surface area (Å²) in [4.78, 5) is 0. The van der Waals surface area contributed by atoms with Gasteiger partial charge in [0.15, 0.2) is 0 Å². The van der Waals surface area contributed by atoms with Crippen molar-refractivity contribution in [2.75, 3.05) is 19.7 Å². The lowest BCUT2D eigenvalue weighted by Crippen LogP contribution is -2.44. The number of hydrogen-bond acceptors (Lipinski definition) is 3. The summed E-state index contributed by atoms with van der Waals surface area (Å²) in [5.74, 6) is -2.70. The van der Waals surface area contributed by atoms with E-state index in [2.05, 4.69) is 5.32 Å². The molecule has 0 aromatic rings. The van der Waals surface area contributed by atoms with Crippen molar-refractivity contribution in [1.29, 1.82) is 0 Å². The number of nitrogens with one attached hydrogen (secondary N) is 1. The Morgan fingerprint density at radius 3 is 2.71 bits per heavy atom. The molecule has 1 fully saturated rings. The van der Waals surface area contributed by atoms with E-state index in [9.17, 15) is 8.78 Å². The Morgan fingerprint density at radius 2 is 2.14 bits per heavy atom. The minimum absolute atomic E-state index is 0.0948. The van der Waals surface area contributed by atoms with E-state index in [1.165, 1.54) is 0 Å². The molecule has 1 aliphatic carbocycles. The molecule has 0 spiro atoms. The molecule has 1 saturated carbocycles. The topological polar surface area (TPSA) is 58.3 Å². The van der Waals surface area contributed by atoms with Gasteiger partial charge in [0.05, 0.1) is 6.54 Å². The van der Waals surface area contributed by atoms with Crippen LogP contribution in [0.25, 0.3) is 0 Å². The molecule has 0 amide bonds. The zero-order chi connectivity index (χ0) is 10.6. The molecule has 0 aromatic carbocycles. The van der Waals surface area contributed by atoms with Gasteiger partial charge < -0.3 is 16.2 Å². The zero-order valence-corrected chi connectivity index (χ0v) is 8.18. The molecule has 3 nitrogen and oxygen atoms in total. The van der Waals surface area contributed by atoms with Crippen LogP contribution in [0.2, 0.25) is 0 Å². The molecule has 0 saturated heterocycles. The highest BCUT2D eigenvalue weighted by atomic mass is 19.3. The van der Waals surface area contributed by atoms with E-state index in [0.717, 1.165) is 19.3 Å². The molecule has 5 heteroatoms. The highest BCUT2D eigenvalue weighted by Crippen LogP contribution is 2.25. The van der Waals surface area contributed by atoms with E-state index < -0.39 is 19.1 Å². The Morgan fingerprint density at radius 1 is 1.43 bits per heavy atom. The Hall–Kier alpha value is -0.260. The molecule has 0 aromatic heterocycles. The monoisotopic (exact) mass is 208 g/mol. The van der Waals surface area contributed by atoms with Crippen LogP contribution in [0.1, 0.15) is 19.3 Å². The lowest BCUT2D eigenvalue weighted by atomic mass is 10.0. The molecular weight excluding hydrogens is 190 g/mol. The molecule has 1 rings (SSSR count). The van der Waals surface area contributed by atoms with E-state index >= 15 is 0 Å². The molecule has 2 atom stereocenters. The molecule has 0 heterocycles. The van der Waals surface area contributed by atoms with E-state index in [1.807, 2.05) is 0 Å². The maximum Gasteiger partial charge on any atom is 0.282 e. The lowest BCUT2D eigenvalue weighted by molar-refractivity contribution is -0.0499. The summed E-state index contributed by atoms with van der Waals surface area (Å²) in [5.41, 5.74) is 5.52. The van der Waals surface area contributed by atoms with Gasteiger partial charge in [-0.3, -0.25) is 0 Å². The van der Waals surface area contributed by atoms with Crippen LogP contribution >= 0.6 is 0 Å². The Labute approximate surface area is 82.7 Å². The smallest absolute Gasteiger partial charge is 0.282 e. The van der Waals surface area contributed by atoms with Crippen molar-refractivity contribution in [2.45, 2.75) is 31.2 Å². The van der Waals surface area contributed by atoms with Crippen LogP contribution in [0.3, 0.4) is 0 Å². The second-order valence-corrected chi connectivity index (χ2v) is 3.93. The third-order valence-corrected chi connectivity index (χ3v) is 2.82. The number of halogens is 2. The van der Waals surface area contributed by atoms with Crippen molar-refractivity contribution in [3.05, 3.63) is 0 Å². The molecule has 14 heavy (non-hydrogen) atoms. The van der Waals surface area contributed by atoms with Crippen molar-refractivity contribution >= 4 is 0 Å². The third-order valence-electron chi connectivity index (χ3n) is 2.82. The number of hydrogen-bond donors (Lipinski definition) is 3. The number of nitrogens with two attached hydrogens (primary N) is 1.